The van der Waals surface area contributed by atoms with E-state index in [0.29, 0.717) is 21.9 Å². The average molecular weight is 259 g/mol. The summed E-state index contributed by atoms with van der Waals surface area (Å²) in [6.07, 6.45) is 0. The number of hydrogen-bond acceptors (Lipinski definition) is 5. The number of aromatic amines is 1. The third-order valence-electron chi connectivity index (χ3n) is 2.55. The van der Waals surface area contributed by atoms with Crippen molar-refractivity contribution in [1.82, 2.24) is 15.0 Å². The molecule has 0 saturated carbocycles. The van der Waals surface area contributed by atoms with Crippen LogP contribution >= 0.6 is 11.3 Å². The predicted molar refractivity (Wildman–Crippen MR) is 70.0 cm³/mol. The first-order valence-electron chi connectivity index (χ1n) is 5.26. The van der Waals surface area contributed by atoms with E-state index in [0.717, 1.165) is 5.56 Å². The molecule has 0 aliphatic heterocycles. The highest BCUT2D eigenvalue weighted by molar-refractivity contribution is 7.16. The molecule has 0 saturated heterocycles. The van der Waals surface area contributed by atoms with E-state index in [9.17, 15) is 4.79 Å². The number of rotatable bonds is 2. The van der Waals surface area contributed by atoms with E-state index >= 15 is 0 Å². The van der Waals surface area contributed by atoms with E-state index in [1.54, 1.807) is 12.6 Å². The van der Waals surface area contributed by atoms with Crippen molar-refractivity contribution in [1.29, 1.82) is 0 Å². The number of nitrogens with one attached hydrogen (secondary N) is 1. The molecule has 1 aromatic carbocycles. The number of ether oxygens (including phenoxy) is 1. The van der Waals surface area contributed by atoms with Gasteiger partial charge in [0.05, 0.1) is 12.6 Å². The number of H-pyrrole nitrogens is 1. The van der Waals surface area contributed by atoms with Crippen molar-refractivity contribution in [3.63, 3.8) is 0 Å². The van der Waals surface area contributed by atoms with Gasteiger partial charge >= 0.3 is 0 Å². The Morgan fingerprint density at radius 2 is 2.28 bits per heavy atom. The first-order valence-corrected chi connectivity index (χ1v) is 6.14. The molecule has 18 heavy (non-hydrogen) atoms. The highest BCUT2D eigenvalue weighted by atomic mass is 32.1. The molecule has 1 N–H and O–H groups in total. The second-order valence-corrected chi connectivity index (χ2v) is 4.51. The van der Waals surface area contributed by atoms with Crippen LogP contribution in [0.15, 0.2) is 34.6 Å². The maximum absolute atomic E-state index is 11.8. The van der Waals surface area contributed by atoms with E-state index in [2.05, 4.69) is 15.0 Å². The molecule has 0 fully saturated rings. The molecule has 0 radical (unpaired) electrons. The molecule has 0 spiro atoms. The molecule has 0 unspecified atom stereocenters. The summed E-state index contributed by atoms with van der Waals surface area (Å²) in [7, 11) is 1.60. The Bertz CT molecular complexity index is 763. The maximum Gasteiger partial charge on any atom is 0.270 e. The van der Waals surface area contributed by atoms with Crippen LogP contribution in [0.3, 0.4) is 0 Å². The molecular weight excluding hydrogens is 250 g/mol. The summed E-state index contributed by atoms with van der Waals surface area (Å²) < 4.78 is 5.69. The Hall–Kier alpha value is -2.21. The lowest BCUT2D eigenvalue weighted by atomic mass is 10.2. The van der Waals surface area contributed by atoms with E-state index in [1.807, 2.05) is 24.3 Å². The summed E-state index contributed by atoms with van der Waals surface area (Å²) in [5.41, 5.74) is 2.71. The zero-order valence-electron chi connectivity index (χ0n) is 9.51. The highest BCUT2D eigenvalue weighted by Crippen LogP contribution is 2.21. The molecule has 3 rings (SSSR count). The Balaban J connectivity index is 2.21. The van der Waals surface area contributed by atoms with Crippen molar-refractivity contribution in [3.05, 3.63) is 40.1 Å². The fourth-order valence-electron chi connectivity index (χ4n) is 1.68. The molecule has 0 amide bonds. The number of methoxy groups -OCH3 is 1. The molecule has 6 heteroatoms. The van der Waals surface area contributed by atoms with Gasteiger partial charge in [0.2, 0.25) is 0 Å². The van der Waals surface area contributed by atoms with Gasteiger partial charge in [-0.15, -0.1) is 11.3 Å². The van der Waals surface area contributed by atoms with Gasteiger partial charge in [-0.3, -0.25) is 4.79 Å². The topological polar surface area (TPSA) is 67.9 Å². The molecule has 2 heterocycles. The number of benzene rings is 1. The lowest BCUT2D eigenvalue weighted by Crippen LogP contribution is -2.07. The van der Waals surface area contributed by atoms with Gasteiger partial charge in [-0.1, -0.05) is 12.1 Å². The Morgan fingerprint density at radius 1 is 1.39 bits per heavy atom. The number of hydrogen-bond donors (Lipinski definition) is 1. The smallest absolute Gasteiger partial charge is 0.270 e. The predicted octanol–water partition coefficient (Wildman–Crippen LogP) is 2.06. The third kappa shape index (κ3) is 1.76. The average Bonchev–Trinajstić information content (AvgIpc) is 2.87. The van der Waals surface area contributed by atoms with Crippen LogP contribution < -0.4 is 10.3 Å². The summed E-state index contributed by atoms with van der Waals surface area (Å²) >= 11 is 1.28. The summed E-state index contributed by atoms with van der Waals surface area (Å²) in [5.74, 6) is 1.21. The normalized spacial score (nSPS) is 10.7. The van der Waals surface area contributed by atoms with Gasteiger partial charge in [0.1, 0.15) is 16.3 Å². The monoisotopic (exact) mass is 259 g/mol. The molecule has 0 aliphatic carbocycles. The van der Waals surface area contributed by atoms with Gasteiger partial charge in [-0.2, -0.15) is 0 Å². The van der Waals surface area contributed by atoms with Crippen LogP contribution in [-0.2, 0) is 0 Å². The van der Waals surface area contributed by atoms with Gasteiger partial charge in [0.25, 0.3) is 5.56 Å². The Kier molecular flexibility index (Phi) is 2.56. The van der Waals surface area contributed by atoms with Gasteiger partial charge in [-0.25, -0.2) is 9.97 Å². The molecule has 0 aliphatic rings. The summed E-state index contributed by atoms with van der Waals surface area (Å²) in [5, 5.41) is 0. The van der Waals surface area contributed by atoms with Crippen molar-refractivity contribution in [3.8, 4) is 17.1 Å². The third-order valence-corrected chi connectivity index (χ3v) is 3.36. The molecule has 5 nitrogen and oxygen atoms in total. The SMILES string of the molecule is COc1cccc(-c2nc3ncsc3c(=O)[nH]2)c1. The van der Waals surface area contributed by atoms with Crippen molar-refractivity contribution in [2.24, 2.45) is 0 Å². The van der Waals surface area contributed by atoms with Crippen molar-refractivity contribution in [2.75, 3.05) is 7.11 Å². The lowest BCUT2D eigenvalue weighted by Gasteiger charge is -2.03. The van der Waals surface area contributed by atoms with Crippen LogP contribution in [0, 0.1) is 0 Å². The summed E-state index contributed by atoms with van der Waals surface area (Å²) in [6, 6.07) is 7.36. The summed E-state index contributed by atoms with van der Waals surface area (Å²) in [4.78, 5) is 23.0. The maximum atomic E-state index is 11.8. The van der Waals surface area contributed by atoms with Crippen LogP contribution in [0.2, 0.25) is 0 Å². The minimum absolute atomic E-state index is 0.166. The van der Waals surface area contributed by atoms with Gasteiger partial charge in [0, 0.05) is 5.56 Å². The van der Waals surface area contributed by atoms with E-state index in [4.69, 9.17) is 4.74 Å². The fourth-order valence-corrected chi connectivity index (χ4v) is 2.30. The minimum atomic E-state index is -0.166. The molecule has 2 aromatic heterocycles. The first-order chi connectivity index (χ1) is 8.78. The molecule has 90 valence electrons. The van der Waals surface area contributed by atoms with Gasteiger partial charge in [0.15, 0.2) is 5.65 Å². The van der Waals surface area contributed by atoms with Crippen molar-refractivity contribution < 1.29 is 4.74 Å². The second kappa shape index (κ2) is 4.23. The van der Waals surface area contributed by atoms with Crippen molar-refractivity contribution >= 4 is 21.7 Å². The standard InChI is InChI=1S/C12H9N3O2S/c1-17-8-4-2-3-7(5-8)10-14-11-9(12(16)15-10)18-6-13-11/h2-6H,1H3,(H,14,15,16). The zero-order chi connectivity index (χ0) is 12.5. The highest BCUT2D eigenvalue weighted by Gasteiger charge is 2.08. The Labute approximate surface area is 106 Å². The molecule has 3 aromatic rings. The first kappa shape index (κ1) is 10.9. The van der Waals surface area contributed by atoms with Crippen LogP contribution in [-0.4, -0.2) is 22.1 Å². The summed E-state index contributed by atoms with van der Waals surface area (Å²) in [6.45, 7) is 0. The van der Waals surface area contributed by atoms with E-state index in [1.165, 1.54) is 11.3 Å². The van der Waals surface area contributed by atoms with Gasteiger partial charge in [-0.05, 0) is 12.1 Å². The number of aromatic nitrogens is 3. The van der Waals surface area contributed by atoms with Gasteiger partial charge < -0.3 is 9.72 Å². The largest absolute Gasteiger partial charge is 0.497 e. The van der Waals surface area contributed by atoms with Crippen LogP contribution in [0.5, 0.6) is 5.75 Å². The van der Waals surface area contributed by atoms with Crippen LogP contribution in [0.4, 0.5) is 0 Å². The zero-order valence-corrected chi connectivity index (χ0v) is 10.3. The van der Waals surface area contributed by atoms with Crippen LogP contribution in [0.1, 0.15) is 0 Å². The number of fused-ring (bicyclic) bond motifs is 1. The van der Waals surface area contributed by atoms with E-state index < -0.39 is 0 Å². The molecular formula is C12H9N3O2S. The number of nitrogens with zero attached hydrogens (tertiary/aromatic N) is 2. The minimum Gasteiger partial charge on any atom is -0.497 e. The number of thiazole rings is 1. The Morgan fingerprint density at radius 3 is 3.11 bits per heavy atom. The second-order valence-electron chi connectivity index (χ2n) is 3.65. The van der Waals surface area contributed by atoms with Crippen LogP contribution in [0.25, 0.3) is 21.7 Å². The quantitative estimate of drug-likeness (QED) is 0.764. The lowest BCUT2D eigenvalue weighted by molar-refractivity contribution is 0.415. The fraction of sp³-hybridized carbons (Fsp3) is 0.0833. The molecule has 0 bridgehead atoms. The van der Waals surface area contributed by atoms with E-state index in [-0.39, 0.29) is 5.56 Å². The van der Waals surface area contributed by atoms with Crippen molar-refractivity contribution in [2.45, 2.75) is 0 Å². The molecule has 0 atom stereocenters.